The van der Waals surface area contributed by atoms with Crippen molar-refractivity contribution in [1.82, 2.24) is 0 Å². The molecule has 5 heteroatoms. The summed E-state index contributed by atoms with van der Waals surface area (Å²) < 4.78 is 0. The summed E-state index contributed by atoms with van der Waals surface area (Å²) in [5.74, 6) is -1.49. The molecule has 0 aliphatic rings. The first-order valence-electron chi connectivity index (χ1n) is 1.68. The van der Waals surface area contributed by atoms with Crippen molar-refractivity contribution in [2.45, 2.75) is 6.04 Å². The second kappa shape index (κ2) is 5.45. The summed E-state index contributed by atoms with van der Waals surface area (Å²) >= 11 is 4.24. The largest absolute Gasteiger partial charge is 3.00 e. The van der Waals surface area contributed by atoms with Crippen LogP contribution in [-0.4, -0.2) is 17.8 Å². The van der Waals surface area contributed by atoms with Gasteiger partial charge in [0, 0.05) is 5.97 Å². The van der Waals surface area contributed by atoms with Gasteiger partial charge in [0.25, 0.3) is 0 Å². The molecule has 1 radical (unpaired) electrons. The normalized spacial score (nSPS) is 11.8. The molecule has 0 rings (SSSR count). The second-order valence-corrected chi connectivity index (χ2v) is 1.37. The summed E-state index contributed by atoms with van der Waals surface area (Å²) in [6.07, 6.45) is 0. The Hall–Kier alpha value is 0.312. The van der Waals surface area contributed by atoms with Crippen molar-refractivity contribution in [2.75, 3.05) is 5.75 Å². The fourth-order valence-electron chi connectivity index (χ4n) is 0.0680. The summed E-state index contributed by atoms with van der Waals surface area (Å²) in [6, 6.07) is -1.23. The van der Waals surface area contributed by atoms with E-state index in [1.54, 1.807) is 0 Å². The van der Waals surface area contributed by atoms with Crippen molar-refractivity contribution in [2.24, 2.45) is 0 Å². The molecule has 0 bridgehead atoms. The quantitative estimate of drug-likeness (QED) is 0.484. The summed E-state index contributed by atoms with van der Waals surface area (Å²) in [6.45, 7) is 0. The van der Waals surface area contributed by atoms with E-state index in [1.807, 2.05) is 0 Å². The number of hydrogen-bond acceptors (Lipinski definition) is 3. The maximum Gasteiger partial charge on any atom is 3.00 e. The minimum absolute atomic E-state index is 0. The van der Waals surface area contributed by atoms with Crippen LogP contribution in [0.1, 0.15) is 0 Å². The van der Waals surface area contributed by atoms with Crippen molar-refractivity contribution < 1.29 is 27.3 Å². The molecule has 3 nitrogen and oxygen atoms in total. The Morgan fingerprint density at radius 1 is 1.88 bits per heavy atom. The standard InChI is InChI=1S/C3H6NO2S.Cr/c4-2(1-7)3(5)6;/h2,4,7H,1H2,(H,5,6);/q-1;+3/p-2. The number of rotatable bonds is 2. The fourth-order valence-corrected chi connectivity index (χ4v) is 0.204. The van der Waals surface area contributed by atoms with Gasteiger partial charge >= 0.3 is 17.4 Å². The number of nitrogens with one attached hydrogen (secondary N) is 1. The van der Waals surface area contributed by atoms with E-state index >= 15 is 0 Å². The maximum atomic E-state index is 9.57. The Bertz CT molecular complexity index is 79.7. The number of carboxylic acid groups (broad SMARTS) is 1. The van der Waals surface area contributed by atoms with Crippen LogP contribution >= 0.6 is 0 Å². The number of carboxylic acids is 1. The first-order valence-corrected chi connectivity index (χ1v) is 2.26. The zero-order chi connectivity index (χ0) is 5.86. The number of hydrogen-bond donors (Lipinski definition) is 0. The zero-order valence-corrected chi connectivity index (χ0v) is 6.01. The monoisotopic (exact) mass is 170 g/mol. The molecule has 0 aromatic heterocycles. The molecular weight excluding hydrogens is 166 g/mol. The van der Waals surface area contributed by atoms with Gasteiger partial charge in [-0.15, -0.1) is 6.04 Å². The topological polar surface area (TPSA) is 63.9 Å². The number of carbonyl (C=O) groups excluding carboxylic acids is 1. The van der Waals surface area contributed by atoms with Crippen LogP contribution in [0.15, 0.2) is 0 Å². The van der Waals surface area contributed by atoms with Crippen molar-refractivity contribution in [3.05, 3.63) is 5.73 Å². The van der Waals surface area contributed by atoms with Gasteiger partial charge < -0.3 is 28.3 Å². The molecule has 0 heterocycles. The summed E-state index contributed by atoms with van der Waals surface area (Å²) in [4.78, 5) is 9.57. The molecule has 0 amide bonds. The predicted molar refractivity (Wildman–Crippen MR) is 25.3 cm³/mol. The van der Waals surface area contributed by atoms with Crippen LogP contribution in [0.5, 0.6) is 0 Å². The van der Waals surface area contributed by atoms with Crippen LogP contribution in [0.25, 0.3) is 5.73 Å². The van der Waals surface area contributed by atoms with E-state index in [1.165, 1.54) is 0 Å². The summed E-state index contributed by atoms with van der Waals surface area (Å²) in [7, 11) is 0. The van der Waals surface area contributed by atoms with E-state index < -0.39 is 12.0 Å². The molecule has 0 aliphatic heterocycles. The first kappa shape index (κ1) is 11.2. The van der Waals surface area contributed by atoms with E-state index in [2.05, 4.69) is 12.6 Å². The Kier molecular flexibility index (Phi) is 7.60. The first-order chi connectivity index (χ1) is 3.18. The van der Waals surface area contributed by atoms with Gasteiger partial charge in [-0.2, -0.15) is 5.75 Å². The van der Waals surface area contributed by atoms with Gasteiger partial charge in [0.05, 0.1) is 0 Å². The van der Waals surface area contributed by atoms with Crippen LogP contribution in [0, 0.1) is 0 Å². The third kappa shape index (κ3) is 4.47. The molecule has 0 spiro atoms. The Morgan fingerprint density at radius 3 is 2.25 bits per heavy atom. The molecular formula is C3H4CrNO2S. The van der Waals surface area contributed by atoms with E-state index in [0.717, 1.165) is 0 Å². The van der Waals surface area contributed by atoms with Crippen LogP contribution in [-0.2, 0) is 34.8 Å². The van der Waals surface area contributed by atoms with E-state index in [9.17, 15) is 9.90 Å². The number of aliphatic carboxylic acids is 1. The van der Waals surface area contributed by atoms with Gasteiger partial charge in [0.15, 0.2) is 0 Å². The molecule has 0 aromatic carbocycles. The molecule has 45 valence electrons. The van der Waals surface area contributed by atoms with E-state index in [4.69, 9.17) is 5.73 Å². The van der Waals surface area contributed by atoms with Gasteiger partial charge in [-0.05, 0) is 0 Å². The molecule has 1 unspecified atom stereocenters. The number of carbonyl (C=O) groups is 1. The van der Waals surface area contributed by atoms with Crippen LogP contribution < -0.4 is 5.11 Å². The van der Waals surface area contributed by atoms with Gasteiger partial charge in [-0.1, -0.05) is 0 Å². The van der Waals surface area contributed by atoms with Crippen molar-refractivity contribution in [3.8, 4) is 0 Å². The van der Waals surface area contributed by atoms with Gasteiger partial charge in [-0.25, -0.2) is 0 Å². The molecule has 8 heavy (non-hydrogen) atoms. The zero-order valence-electron chi connectivity index (χ0n) is 3.92. The van der Waals surface area contributed by atoms with Gasteiger partial charge in [-0.3, -0.25) is 0 Å². The third-order valence-electron chi connectivity index (χ3n) is 0.451. The second-order valence-electron chi connectivity index (χ2n) is 1.04. The molecule has 1 N–H and O–H groups in total. The maximum absolute atomic E-state index is 9.57. The molecule has 1 atom stereocenters. The van der Waals surface area contributed by atoms with Gasteiger partial charge in [0.2, 0.25) is 0 Å². The minimum Gasteiger partial charge on any atom is -0.794 e. The van der Waals surface area contributed by atoms with Crippen LogP contribution in [0.4, 0.5) is 0 Å². The smallest absolute Gasteiger partial charge is 0.794 e. The Balaban J connectivity index is 0. The van der Waals surface area contributed by atoms with Crippen molar-refractivity contribution in [1.29, 1.82) is 0 Å². The van der Waals surface area contributed by atoms with Gasteiger partial charge in [0.1, 0.15) is 0 Å². The van der Waals surface area contributed by atoms with E-state index in [-0.39, 0.29) is 23.1 Å². The van der Waals surface area contributed by atoms with Crippen LogP contribution in [0.3, 0.4) is 0 Å². The van der Waals surface area contributed by atoms with Crippen molar-refractivity contribution in [3.63, 3.8) is 0 Å². The van der Waals surface area contributed by atoms with E-state index in [0.29, 0.717) is 0 Å². The Labute approximate surface area is 63.8 Å². The van der Waals surface area contributed by atoms with Crippen LogP contribution in [0.2, 0.25) is 0 Å². The predicted octanol–water partition coefficient (Wildman–Crippen LogP) is -1.30. The summed E-state index contributed by atoms with van der Waals surface area (Å²) in [5.41, 5.74) is 6.51. The molecule has 0 saturated heterocycles. The summed E-state index contributed by atoms with van der Waals surface area (Å²) in [5, 5.41) is 9.57. The third-order valence-corrected chi connectivity index (χ3v) is 0.785. The molecule has 0 saturated carbocycles. The minimum atomic E-state index is -1.39. The Morgan fingerprint density at radius 2 is 2.25 bits per heavy atom. The SMILES string of the molecule is [Cr+3].[NH-]C(C[S-])C(=O)[O-]. The molecule has 0 aliphatic carbocycles. The average Bonchev–Trinajstić information content (AvgIpc) is 1.65. The molecule has 0 fully saturated rings. The fraction of sp³-hybridized carbons (Fsp3) is 0.667. The van der Waals surface area contributed by atoms with Crippen molar-refractivity contribution >= 4 is 18.6 Å². The molecule has 0 aromatic rings. The average molecular weight is 170 g/mol.